The second kappa shape index (κ2) is 8.87. The number of carboxylic acid groups (broad SMARTS) is 1. The molecule has 106 valence electrons. The van der Waals surface area contributed by atoms with Crippen LogP contribution in [0.1, 0.15) is 12.5 Å². The number of benzene rings is 1. The van der Waals surface area contributed by atoms with Crippen molar-refractivity contribution in [2.45, 2.75) is 6.92 Å². The minimum absolute atomic E-state index is 0. The van der Waals surface area contributed by atoms with Crippen molar-refractivity contribution < 1.29 is 18.7 Å². The Morgan fingerprint density at radius 2 is 1.63 bits per heavy atom. The second-order valence-corrected chi connectivity index (χ2v) is 3.29. The van der Waals surface area contributed by atoms with Crippen LogP contribution in [-0.4, -0.2) is 17.0 Å². The van der Waals surface area contributed by atoms with E-state index in [4.69, 9.17) is 10.5 Å². The number of aliphatic carboxylic acids is 1. The summed E-state index contributed by atoms with van der Waals surface area (Å²) < 4.78 is 25.3. The van der Waals surface area contributed by atoms with Gasteiger partial charge in [-0.3, -0.25) is 5.41 Å². The van der Waals surface area contributed by atoms with E-state index in [0.29, 0.717) is 0 Å². The van der Waals surface area contributed by atoms with E-state index in [2.05, 4.69) is 11.5 Å². The van der Waals surface area contributed by atoms with Crippen LogP contribution in [0.5, 0.6) is 0 Å². The molecule has 0 radical (unpaired) electrons. The quantitative estimate of drug-likeness (QED) is 0.377. The van der Waals surface area contributed by atoms with Crippen LogP contribution >= 0.6 is 12.4 Å². The van der Waals surface area contributed by atoms with Gasteiger partial charge in [-0.15, -0.1) is 12.4 Å². The van der Waals surface area contributed by atoms with E-state index < -0.39 is 17.6 Å². The molecule has 0 aliphatic carbocycles. The number of nitrogens with one attached hydrogen (secondary N) is 1. The van der Waals surface area contributed by atoms with Crippen molar-refractivity contribution in [3.63, 3.8) is 0 Å². The van der Waals surface area contributed by atoms with Crippen molar-refractivity contribution >= 4 is 30.4 Å². The van der Waals surface area contributed by atoms with Crippen molar-refractivity contribution in [3.8, 4) is 0 Å². The SMILES string of the molecule is C/C(=C\c1cc(F)cc(F)c1)C(=O)O.Cl.N=C(N)N. The number of nitrogens with two attached hydrogens (primary N) is 2. The molecular formula is C11H14ClF2N3O2. The monoisotopic (exact) mass is 293 g/mol. The summed E-state index contributed by atoms with van der Waals surface area (Å²) in [6.07, 6.45) is 1.20. The Kier molecular flexibility index (Phi) is 8.96. The highest BCUT2D eigenvalue weighted by Gasteiger charge is 2.02. The molecule has 0 spiro atoms. The van der Waals surface area contributed by atoms with Gasteiger partial charge < -0.3 is 16.6 Å². The number of carboxylic acids is 1. The molecule has 6 N–H and O–H groups in total. The fraction of sp³-hybridized carbons (Fsp3) is 0.0909. The summed E-state index contributed by atoms with van der Waals surface area (Å²) in [6, 6.07) is 2.86. The molecule has 0 fully saturated rings. The third-order valence-corrected chi connectivity index (χ3v) is 1.61. The maximum atomic E-state index is 12.7. The predicted molar refractivity (Wildman–Crippen MR) is 71.0 cm³/mol. The lowest BCUT2D eigenvalue weighted by Gasteiger charge is -1.97. The van der Waals surface area contributed by atoms with E-state index in [9.17, 15) is 13.6 Å². The number of hydrogen-bond donors (Lipinski definition) is 4. The minimum atomic E-state index is -1.12. The topological polar surface area (TPSA) is 113 Å². The zero-order valence-electron chi connectivity index (χ0n) is 9.98. The van der Waals surface area contributed by atoms with Crippen molar-refractivity contribution in [2.24, 2.45) is 11.5 Å². The van der Waals surface area contributed by atoms with Crippen LogP contribution in [0.2, 0.25) is 0 Å². The zero-order chi connectivity index (χ0) is 14.3. The molecule has 0 saturated carbocycles. The summed E-state index contributed by atoms with van der Waals surface area (Å²) in [5.74, 6) is -2.90. The summed E-state index contributed by atoms with van der Waals surface area (Å²) in [7, 11) is 0. The molecule has 0 bridgehead atoms. The fourth-order valence-corrected chi connectivity index (χ4v) is 0.970. The van der Waals surface area contributed by atoms with Gasteiger partial charge in [-0.25, -0.2) is 13.6 Å². The molecule has 8 heteroatoms. The van der Waals surface area contributed by atoms with Crippen molar-refractivity contribution in [1.82, 2.24) is 0 Å². The highest BCUT2D eigenvalue weighted by molar-refractivity contribution is 5.91. The van der Waals surface area contributed by atoms with E-state index in [1.165, 1.54) is 13.0 Å². The first-order valence-corrected chi connectivity index (χ1v) is 4.69. The zero-order valence-corrected chi connectivity index (χ0v) is 10.8. The van der Waals surface area contributed by atoms with Gasteiger partial charge in [0, 0.05) is 11.6 Å². The van der Waals surface area contributed by atoms with Gasteiger partial charge in [0.2, 0.25) is 0 Å². The lowest BCUT2D eigenvalue weighted by Crippen LogP contribution is -2.20. The van der Waals surface area contributed by atoms with Gasteiger partial charge in [0.25, 0.3) is 0 Å². The minimum Gasteiger partial charge on any atom is -0.478 e. The molecule has 19 heavy (non-hydrogen) atoms. The van der Waals surface area contributed by atoms with Gasteiger partial charge in [-0.2, -0.15) is 0 Å². The average Bonchev–Trinajstić information content (AvgIpc) is 2.14. The highest BCUT2D eigenvalue weighted by atomic mass is 35.5. The van der Waals surface area contributed by atoms with Crippen LogP contribution < -0.4 is 11.5 Å². The first-order chi connectivity index (χ1) is 8.22. The molecular weight excluding hydrogens is 280 g/mol. The van der Waals surface area contributed by atoms with Crippen LogP contribution in [0.4, 0.5) is 8.78 Å². The molecule has 0 heterocycles. The Morgan fingerprint density at radius 3 is 1.95 bits per heavy atom. The Labute approximate surface area is 114 Å². The molecule has 0 amide bonds. The molecule has 1 aromatic carbocycles. The summed E-state index contributed by atoms with van der Waals surface area (Å²) in [4.78, 5) is 10.4. The van der Waals surface area contributed by atoms with Gasteiger partial charge in [-0.05, 0) is 30.7 Å². The predicted octanol–water partition coefficient (Wildman–Crippen LogP) is 1.71. The van der Waals surface area contributed by atoms with Crippen molar-refractivity contribution in [3.05, 3.63) is 41.0 Å². The molecule has 0 unspecified atom stereocenters. The average molecular weight is 294 g/mol. The Balaban J connectivity index is 0. The van der Waals surface area contributed by atoms with Crippen LogP contribution in [-0.2, 0) is 4.79 Å². The number of guanidine groups is 1. The van der Waals surface area contributed by atoms with E-state index in [1.807, 2.05) is 0 Å². The van der Waals surface area contributed by atoms with Gasteiger partial charge in [-0.1, -0.05) is 0 Å². The molecule has 5 nitrogen and oxygen atoms in total. The summed E-state index contributed by atoms with van der Waals surface area (Å²) in [5.41, 5.74) is 9.16. The van der Waals surface area contributed by atoms with Crippen LogP contribution in [0, 0.1) is 17.0 Å². The van der Waals surface area contributed by atoms with E-state index in [1.54, 1.807) is 0 Å². The van der Waals surface area contributed by atoms with Crippen LogP contribution in [0.3, 0.4) is 0 Å². The smallest absolute Gasteiger partial charge is 0.331 e. The van der Waals surface area contributed by atoms with Gasteiger partial charge in [0.15, 0.2) is 5.96 Å². The molecule has 1 rings (SSSR count). The maximum absolute atomic E-state index is 12.7. The highest BCUT2D eigenvalue weighted by Crippen LogP contribution is 2.11. The Morgan fingerprint density at radius 1 is 1.26 bits per heavy atom. The van der Waals surface area contributed by atoms with Gasteiger partial charge >= 0.3 is 5.97 Å². The lowest BCUT2D eigenvalue weighted by molar-refractivity contribution is -0.132. The summed E-state index contributed by atoms with van der Waals surface area (Å²) in [5, 5.41) is 14.6. The molecule has 0 aliphatic rings. The third kappa shape index (κ3) is 9.54. The Hall–Kier alpha value is -2.15. The number of halogens is 3. The van der Waals surface area contributed by atoms with Gasteiger partial charge in [0.1, 0.15) is 11.6 Å². The number of hydrogen-bond acceptors (Lipinski definition) is 2. The van der Waals surface area contributed by atoms with E-state index in [-0.39, 0.29) is 29.5 Å². The molecule has 0 aliphatic heterocycles. The van der Waals surface area contributed by atoms with Crippen molar-refractivity contribution in [2.75, 3.05) is 0 Å². The van der Waals surface area contributed by atoms with E-state index in [0.717, 1.165) is 18.2 Å². The number of rotatable bonds is 2. The number of carbonyl (C=O) groups is 1. The largest absolute Gasteiger partial charge is 0.478 e. The molecule has 0 aromatic heterocycles. The van der Waals surface area contributed by atoms with Crippen molar-refractivity contribution in [1.29, 1.82) is 5.41 Å². The fourth-order valence-electron chi connectivity index (χ4n) is 0.970. The molecule has 0 atom stereocenters. The molecule has 0 saturated heterocycles. The summed E-state index contributed by atoms with van der Waals surface area (Å²) in [6.45, 7) is 1.35. The summed E-state index contributed by atoms with van der Waals surface area (Å²) >= 11 is 0. The van der Waals surface area contributed by atoms with Crippen LogP contribution in [0.15, 0.2) is 23.8 Å². The molecule has 1 aromatic rings. The first kappa shape index (κ1) is 19.2. The second-order valence-electron chi connectivity index (χ2n) is 3.29. The first-order valence-electron chi connectivity index (χ1n) is 4.69. The maximum Gasteiger partial charge on any atom is 0.331 e. The third-order valence-electron chi connectivity index (χ3n) is 1.61. The van der Waals surface area contributed by atoms with Gasteiger partial charge in [0.05, 0.1) is 0 Å². The normalized spacial score (nSPS) is 9.74. The Bertz CT molecular complexity index is 469. The van der Waals surface area contributed by atoms with Crippen LogP contribution in [0.25, 0.3) is 6.08 Å². The lowest BCUT2D eigenvalue weighted by atomic mass is 10.1. The standard InChI is InChI=1S/C10H8F2O2.CH5N3.ClH/c1-6(10(13)14)2-7-3-8(11)5-9(12)4-7;2-1(3)4;/h2-5H,1H3,(H,13,14);(H5,2,3,4);1H/b6-2+;;. The van der Waals surface area contributed by atoms with E-state index >= 15 is 0 Å².